The lowest BCUT2D eigenvalue weighted by Gasteiger charge is -2.09. The van der Waals surface area contributed by atoms with Crippen LogP contribution in [0.2, 0.25) is 0 Å². The van der Waals surface area contributed by atoms with Crippen LogP contribution in [0.15, 0.2) is 23.6 Å². The fraction of sp³-hybridized carbons (Fsp3) is 0.286. The summed E-state index contributed by atoms with van der Waals surface area (Å²) in [5, 5.41) is 3.34. The van der Waals surface area contributed by atoms with E-state index in [4.69, 9.17) is 4.98 Å². The van der Waals surface area contributed by atoms with Gasteiger partial charge in [0, 0.05) is 10.1 Å². The molecule has 1 aromatic carbocycles. The Morgan fingerprint density at radius 2 is 1.94 bits per heavy atom. The van der Waals surface area contributed by atoms with E-state index in [1.54, 1.807) is 11.3 Å². The first-order valence-corrected chi connectivity index (χ1v) is 6.69. The minimum absolute atomic E-state index is 0.417. The quantitative estimate of drug-likeness (QED) is 0.636. The second-order valence-electron chi connectivity index (χ2n) is 4.61. The molecular formula is C14H14N2S. The van der Waals surface area contributed by atoms with Gasteiger partial charge in [-0.1, -0.05) is 13.8 Å². The molecule has 0 saturated carbocycles. The molecule has 0 N–H and O–H groups in total. The van der Waals surface area contributed by atoms with Gasteiger partial charge in [-0.25, -0.2) is 9.97 Å². The third-order valence-corrected chi connectivity index (χ3v) is 3.91. The van der Waals surface area contributed by atoms with Crippen molar-refractivity contribution in [3.05, 3.63) is 35.0 Å². The van der Waals surface area contributed by atoms with Gasteiger partial charge in [0.25, 0.3) is 0 Å². The number of benzene rings is 1. The van der Waals surface area contributed by atoms with Gasteiger partial charge in [-0.3, -0.25) is 0 Å². The third-order valence-electron chi connectivity index (χ3n) is 3.02. The monoisotopic (exact) mass is 242 g/mol. The molecule has 0 amide bonds. The summed E-state index contributed by atoms with van der Waals surface area (Å²) in [6, 6.07) is 6.33. The smallest absolute Gasteiger partial charge is 0.0977 e. The van der Waals surface area contributed by atoms with Gasteiger partial charge in [0.1, 0.15) is 0 Å². The molecule has 0 saturated heterocycles. The molecule has 2 heterocycles. The topological polar surface area (TPSA) is 25.8 Å². The van der Waals surface area contributed by atoms with Gasteiger partial charge < -0.3 is 0 Å². The Hall–Kier alpha value is -1.48. The first-order chi connectivity index (χ1) is 8.16. The molecule has 2 aromatic heterocycles. The van der Waals surface area contributed by atoms with Crippen LogP contribution in [0.25, 0.3) is 21.1 Å². The molecule has 3 aromatic rings. The van der Waals surface area contributed by atoms with Crippen molar-refractivity contribution >= 4 is 32.5 Å². The molecule has 0 aliphatic carbocycles. The number of nitrogens with zero attached hydrogens (tertiary/aromatic N) is 2. The number of fused-ring (bicyclic) bond motifs is 3. The lowest BCUT2D eigenvalue weighted by atomic mass is 10.1. The van der Waals surface area contributed by atoms with Crippen molar-refractivity contribution < 1.29 is 0 Å². The van der Waals surface area contributed by atoms with Crippen LogP contribution >= 0.6 is 11.3 Å². The normalized spacial score (nSPS) is 11.8. The van der Waals surface area contributed by atoms with Crippen LogP contribution in [0.3, 0.4) is 0 Å². The molecule has 0 aliphatic heterocycles. The summed E-state index contributed by atoms with van der Waals surface area (Å²) < 4.78 is 1.28. The highest BCUT2D eigenvalue weighted by Gasteiger charge is 2.11. The summed E-state index contributed by atoms with van der Waals surface area (Å²) in [4.78, 5) is 9.49. The zero-order valence-corrected chi connectivity index (χ0v) is 11.0. The van der Waals surface area contributed by atoms with E-state index in [-0.39, 0.29) is 0 Å². The second kappa shape index (κ2) is 3.77. The van der Waals surface area contributed by atoms with E-state index in [0.717, 1.165) is 22.4 Å². The van der Waals surface area contributed by atoms with E-state index < -0.39 is 0 Å². The molecule has 17 heavy (non-hydrogen) atoms. The SMILES string of the molecule is Cc1nc2ccc3sccc3c2nc1C(C)C. The molecule has 0 radical (unpaired) electrons. The van der Waals surface area contributed by atoms with E-state index in [2.05, 4.69) is 42.4 Å². The van der Waals surface area contributed by atoms with Crippen LogP contribution in [-0.2, 0) is 0 Å². The van der Waals surface area contributed by atoms with E-state index in [9.17, 15) is 0 Å². The van der Waals surface area contributed by atoms with Crippen LogP contribution in [0.4, 0.5) is 0 Å². The Balaban J connectivity index is 2.45. The van der Waals surface area contributed by atoms with Gasteiger partial charge >= 0.3 is 0 Å². The van der Waals surface area contributed by atoms with Crippen LogP contribution in [0.5, 0.6) is 0 Å². The summed E-state index contributed by atoms with van der Waals surface area (Å²) in [6.07, 6.45) is 0. The molecule has 2 nitrogen and oxygen atoms in total. The molecular weight excluding hydrogens is 228 g/mol. The van der Waals surface area contributed by atoms with Gasteiger partial charge in [-0.2, -0.15) is 0 Å². The Morgan fingerprint density at radius 1 is 1.12 bits per heavy atom. The van der Waals surface area contributed by atoms with Crippen molar-refractivity contribution in [1.82, 2.24) is 9.97 Å². The predicted octanol–water partition coefficient (Wildman–Crippen LogP) is 4.28. The Labute approximate surface area is 104 Å². The minimum atomic E-state index is 0.417. The third kappa shape index (κ3) is 1.62. The summed E-state index contributed by atoms with van der Waals surface area (Å²) in [5.41, 5.74) is 4.19. The van der Waals surface area contributed by atoms with Crippen molar-refractivity contribution in [2.24, 2.45) is 0 Å². The zero-order chi connectivity index (χ0) is 12.0. The van der Waals surface area contributed by atoms with Crippen LogP contribution in [0, 0.1) is 6.92 Å². The van der Waals surface area contributed by atoms with Crippen LogP contribution < -0.4 is 0 Å². The Bertz CT molecular complexity index is 698. The van der Waals surface area contributed by atoms with Gasteiger partial charge in [0.05, 0.1) is 22.4 Å². The highest BCUT2D eigenvalue weighted by molar-refractivity contribution is 7.17. The fourth-order valence-corrected chi connectivity index (χ4v) is 3.00. The van der Waals surface area contributed by atoms with E-state index in [1.165, 1.54) is 10.1 Å². The number of aryl methyl sites for hydroxylation is 1. The maximum absolute atomic E-state index is 4.82. The van der Waals surface area contributed by atoms with Gasteiger partial charge in [0.2, 0.25) is 0 Å². The predicted molar refractivity (Wildman–Crippen MR) is 73.7 cm³/mol. The maximum Gasteiger partial charge on any atom is 0.0977 e. The van der Waals surface area contributed by atoms with E-state index in [1.807, 2.05) is 6.92 Å². The summed E-state index contributed by atoms with van der Waals surface area (Å²) in [5.74, 6) is 0.417. The Morgan fingerprint density at radius 3 is 2.71 bits per heavy atom. The van der Waals surface area contributed by atoms with Crippen LogP contribution in [-0.4, -0.2) is 9.97 Å². The summed E-state index contributed by atoms with van der Waals surface area (Å²) in [7, 11) is 0. The van der Waals surface area contributed by atoms with Crippen molar-refractivity contribution in [2.75, 3.05) is 0 Å². The van der Waals surface area contributed by atoms with Crippen molar-refractivity contribution in [1.29, 1.82) is 0 Å². The molecule has 0 atom stereocenters. The van der Waals surface area contributed by atoms with Gasteiger partial charge in [-0.05, 0) is 36.4 Å². The lowest BCUT2D eigenvalue weighted by molar-refractivity contribution is 0.807. The number of hydrogen-bond acceptors (Lipinski definition) is 3. The zero-order valence-electron chi connectivity index (χ0n) is 10.2. The summed E-state index contributed by atoms with van der Waals surface area (Å²) in [6.45, 7) is 6.37. The first kappa shape index (κ1) is 10.7. The largest absolute Gasteiger partial charge is 0.250 e. The van der Waals surface area contributed by atoms with Crippen LogP contribution in [0.1, 0.15) is 31.2 Å². The van der Waals surface area contributed by atoms with E-state index >= 15 is 0 Å². The van der Waals surface area contributed by atoms with E-state index in [0.29, 0.717) is 5.92 Å². The second-order valence-corrected chi connectivity index (χ2v) is 5.56. The molecule has 3 heteroatoms. The molecule has 0 fully saturated rings. The standard InChI is InChI=1S/C14H14N2S/c1-8(2)13-9(3)15-11-4-5-12-10(6-7-17-12)14(11)16-13/h4-8H,1-3H3. The number of hydrogen-bond donors (Lipinski definition) is 0. The molecule has 3 rings (SSSR count). The van der Waals surface area contributed by atoms with Crippen molar-refractivity contribution in [2.45, 2.75) is 26.7 Å². The van der Waals surface area contributed by atoms with Crippen molar-refractivity contribution in [3.63, 3.8) is 0 Å². The number of aromatic nitrogens is 2. The minimum Gasteiger partial charge on any atom is -0.250 e. The molecule has 0 unspecified atom stereocenters. The highest BCUT2D eigenvalue weighted by atomic mass is 32.1. The maximum atomic E-state index is 4.82. The molecule has 0 aliphatic rings. The molecule has 0 bridgehead atoms. The molecule has 86 valence electrons. The average molecular weight is 242 g/mol. The first-order valence-electron chi connectivity index (χ1n) is 5.81. The summed E-state index contributed by atoms with van der Waals surface area (Å²) >= 11 is 1.75. The number of thiophene rings is 1. The van der Waals surface area contributed by atoms with Gasteiger partial charge in [-0.15, -0.1) is 11.3 Å². The average Bonchev–Trinajstić information content (AvgIpc) is 2.75. The van der Waals surface area contributed by atoms with Crippen molar-refractivity contribution in [3.8, 4) is 0 Å². The van der Waals surface area contributed by atoms with Gasteiger partial charge in [0.15, 0.2) is 0 Å². The fourth-order valence-electron chi connectivity index (χ4n) is 2.21. The lowest BCUT2D eigenvalue weighted by Crippen LogP contribution is -2.00. The number of rotatable bonds is 1. The highest BCUT2D eigenvalue weighted by Crippen LogP contribution is 2.28. The molecule has 0 spiro atoms. The Kier molecular flexibility index (Phi) is 2.37.